The number of hydrogen-bond donors (Lipinski definition) is 5. The first kappa shape index (κ1) is 118. The second-order valence-corrected chi connectivity index (χ2v) is 0. The zero-order chi connectivity index (χ0) is 2.00. The molecule has 0 aliphatic carbocycles. The Morgan fingerprint density at radius 2 is 0.571 bits per heavy atom. The van der Waals surface area contributed by atoms with E-state index in [1.165, 1.54) is 0 Å². The Morgan fingerprint density at radius 3 is 0.571 bits per heavy atom. The molecule has 0 aromatic heterocycles. The summed E-state index contributed by atoms with van der Waals surface area (Å²) in [5.41, 5.74) is 0. The number of halogens is 1. The zero-order valence-corrected chi connectivity index (χ0v) is 6.64. The average Bonchev–Trinajstić information content (AvgIpc) is 1.00. The van der Waals surface area contributed by atoms with E-state index in [0.717, 1.165) is 0 Å². The van der Waals surface area contributed by atoms with Gasteiger partial charge in [0.1, 0.15) is 0 Å². The molecule has 0 rings (SSSR count). The van der Waals surface area contributed by atoms with Gasteiger partial charge in [0.15, 0.2) is 0 Å². The molecular weight excluding hydrogens is 208 g/mol. The van der Waals surface area contributed by atoms with Crippen molar-refractivity contribution in [2.24, 2.45) is 0 Å². The molecule has 0 aromatic rings. The van der Waals surface area contributed by atoms with E-state index in [1.54, 1.807) is 0 Å². The van der Waals surface area contributed by atoms with Crippen LogP contribution in [-0.2, 0) is 17.3 Å². The van der Waals surface area contributed by atoms with Gasteiger partial charge in [0.25, 0.3) is 0 Å². The summed E-state index contributed by atoms with van der Waals surface area (Å²) in [6.07, 6.45) is 0. The van der Waals surface area contributed by atoms with Gasteiger partial charge in [-0.05, 0) is 0 Å². The van der Waals surface area contributed by atoms with Crippen molar-refractivity contribution in [3.05, 3.63) is 0 Å². The van der Waals surface area contributed by atoms with Crippen LogP contribution in [0.1, 0.15) is 0 Å². The SMILES string of the molecule is N.N.N.N.N.[Cl][Rh]. The van der Waals surface area contributed by atoms with Gasteiger partial charge in [-0.2, -0.15) is 0 Å². The van der Waals surface area contributed by atoms with Crippen LogP contribution in [0.25, 0.3) is 0 Å². The third-order valence-electron chi connectivity index (χ3n) is 0. The summed E-state index contributed by atoms with van der Waals surface area (Å²) in [5, 5.41) is 0. The van der Waals surface area contributed by atoms with E-state index in [-0.39, 0.29) is 30.8 Å². The Hall–Kier alpha value is 0.713. The van der Waals surface area contributed by atoms with Crippen LogP contribution in [0.3, 0.4) is 0 Å². The van der Waals surface area contributed by atoms with Gasteiger partial charge in [-0.3, -0.25) is 0 Å². The van der Waals surface area contributed by atoms with Gasteiger partial charge in [0, 0.05) is 0 Å². The molecule has 0 aliphatic heterocycles. The minimum absolute atomic E-state index is 0. The Balaban J connectivity index is -0.000000000500. The normalized spacial score (nSPS) is 1.00. The molecule has 0 heterocycles. The topological polar surface area (TPSA) is 175 Å². The van der Waals surface area contributed by atoms with Crippen molar-refractivity contribution in [2.75, 3.05) is 0 Å². The van der Waals surface area contributed by atoms with Crippen molar-refractivity contribution >= 4 is 9.69 Å². The minimum atomic E-state index is 0. The number of hydrogen-bond acceptors (Lipinski definition) is 5. The third kappa shape index (κ3) is 293. The van der Waals surface area contributed by atoms with Crippen LogP contribution in [0.4, 0.5) is 0 Å². The summed E-state index contributed by atoms with van der Waals surface area (Å²) in [4.78, 5) is 0. The monoisotopic (exact) mass is 223 g/mol. The van der Waals surface area contributed by atoms with Gasteiger partial charge in [-0.15, -0.1) is 0 Å². The molecule has 0 fully saturated rings. The van der Waals surface area contributed by atoms with E-state index >= 15 is 0 Å². The first-order chi connectivity index (χ1) is 1.00. The number of rotatable bonds is 0. The van der Waals surface area contributed by atoms with Crippen LogP contribution in [0.15, 0.2) is 0 Å². The predicted octanol–water partition coefficient (Wildman–Crippen LogP) is 1.50. The maximum absolute atomic E-state index is 4.53. The second kappa shape index (κ2) is 431. The van der Waals surface area contributed by atoms with Crippen LogP contribution in [0.5, 0.6) is 0 Å². The fourth-order valence-corrected chi connectivity index (χ4v) is 0. The van der Waals surface area contributed by atoms with E-state index in [1.807, 2.05) is 17.3 Å². The summed E-state index contributed by atoms with van der Waals surface area (Å²) in [6, 6.07) is 0. The molecule has 0 atom stereocenters. The second-order valence-electron chi connectivity index (χ2n) is 0. The molecule has 0 bridgehead atoms. The molecule has 0 aliphatic rings. The van der Waals surface area contributed by atoms with Crippen molar-refractivity contribution in [1.29, 1.82) is 0 Å². The molecule has 0 radical (unpaired) electrons. The molecule has 5 nitrogen and oxygen atoms in total. The van der Waals surface area contributed by atoms with E-state index < -0.39 is 0 Å². The van der Waals surface area contributed by atoms with Crippen molar-refractivity contribution in [3.8, 4) is 0 Å². The average molecular weight is 224 g/mol. The fraction of sp³-hybridized carbons (Fsp3) is 0. The molecule has 15 N–H and O–H groups in total. The molecule has 7 heteroatoms. The van der Waals surface area contributed by atoms with E-state index in [0.29, 0.717) is 0 Å². The van der Waals surface area contributed by atoms with E-state index in [2.05, 4.69) is 9.69 Å². The standard InChI is InChI=1S/ClH.5H3N.Rh/h1H;5*1H3;/q;;;;;;+1/p-1. The van der Waals surface area contributed by atoms with Gasteiger partial charge in [0.05, 0.1) is 0 Å². The summed E-state index contributed by atoms with van der Waals surface area (Å²) in [6.45, 7) is 0. The Morgan fingerprint density at radius 1 is 0.571 bits per heavy atom. The molecule has 0 saturated heterocycles. The van der Waals surface area contributed by atoms with E-state index in [9.17, 15) is 0 Å². The summed E-state index contributed by atoms with van der Waals surface area (Å²) >= 11 is 2.02. The summed E-state index contributed by atoms with van der Waals surface area (Å²) < 4.78 is 0. The van der Waals surface area contributed by atoms with Crippen LogP contribution in [0, 0.1) is 0 Å². The summed E-state index contributed by atoms with van der Waals surface area (Å²) in [5.74, 6) is 0. The van der Waals surface area contributed by atoms with Gasteiger partial charge >= 0.3 is 27.0 Å². The third-order valence-corrected chi connectivity index (χ3v) is 0. The van der Waals surface area contributed by atoms with Crippen molar-refractivity contribution < 1.29 is 17.3 Å². The molecule has 0 saturated carbocycles. The molecule has 56 valence electrons. The maximum atomic E-state index is 4.53. The van der Waals surface area contributed by atoms with Gasteiger partial charge < -0.3 is 30.8 Å². The van der Waals surface area contributed by atoms with Crippen molar-refractivity contribution in [2.45, 2.75) is 0 Å². The molecule has 0 spiro atoms. The zero-order valence-electron chi connectivity index (χ0n) is 4.25. The first-order valence-corrected chi connectivity index (χ1v) is 2.24. The van der Waals surface area contributed by atoms with E-state index in [4.69, 9.17) is 0 Å². The van der Waals surface area contributed by atoms with Gasteiger partial charge in [-0.25, -0.2) is 0 Å². The van der Waals surface area contributed by atoms with Crippen LogP contribution < -0.4 is 30.8 Å². The molecule has 0 aromatic carbocycles. The van der Waals surface area contributed by atoms with Crippen LogP contribution in [0.2, 0.25) is 0 Å². The predicted molar refractivity (Wildman–Crippen MR) is 31.0 cm³/mol. The van der Waals surface area contributed by atoms with Crippen LogP contribution >= 0.6 is 9.69 Å². The molecule has 0 unspecified atom stereocenters. The Kier molecular flexibility index (Phi) is 7280. The van der Waals surface area contributed by atoms with Crippen molar-refractivity contribution in [1.82, 2.24) is 30.8 Å². The molecular formula is H15ClN5Rh. The molecule has 0 amide bonds. The van der Waals surface area contributed by atoms with Crippen molar-refractivity contribution in [3.63, 3.8) is 0 Å². The van der Waals surface area contributed by atoms with Gasteiger partial charge in [-0.1, -0.05) is 0 Å². The van der Waals surface area contributed by atoms with Gasteiger partial charge in [0.2, 0.25) is 0 Å². The van der Waals surface area contributed by atoms with Crippen LogP contribution in [-0.4, -0.2) is 0 Å². The summed E-state index contributed by atoms with van der Waals surface area (Å²) in [7, 11) is 4.53. The quantitative estimate of drug-likeness (QED) is 0.390. The fourth-order valence-electron chi connectivity index (χ4n) is 0. The Bertz CT molecular complexity index is 8.04. The molecule has 7 heavy (non-hydrogen) atoms. The Labute approximate surface area is 58.2 Å². The first-order valence-electron chi connectivity index (χ1n) is 0.126.